The van der Waals surface area contributed by atoms with Crippen LogP contribution in [0.25, 0.3) is 22.1 Å². The van der Waals surface area contributed by atoms with E-state index in [1.807, 2.05) is 48.5 Å². The number of imidazole rings is 2. The molecule has 236 valence electrons. The van der Waals surface area contributed by atoms with Gasteiger partial charge in [-0.15, -0.1) is 0 Å². The lowest BCUT2D eigenvalue weighted by molar-refractivity contribution is 0.0936. The van der Waals surface area contributed by atoms with Crippen molar-refractivity contribution in [3.05, 3.63) is 60.2 Å². The maximum absolute atomic E-state index is 12.2. The Morgan fingerprint density at radius 3 is 1.33 bits per heavy atom. The molecule has 6 N–H and O–H groups in total. The highest BCUT2D eigenvalue weighted by Crippen LogP contribution is 2.11. The maximum Gasteiger partial charge on any atom is 0.287 e. The molecule has 0 radical (unpaired) electrons. The van der Waals surface area contributed by atoms with Crippen LogP contribution in [-0.4, -0.2) is 71.0 Å². The molecule has 4 aromatic rings. The molecule has 0 aliphatic rings. The third-order valence-electron chi connectivity index (χ3n) is 6.05. The molecule has 0 spiro atoms. The first-order valence-corrected chi connectivity index (χ1v) is 13.1. The van der Waals surface area contributed by atoms with Crippen LogP contribution in [0.2, 0.25) is 0 Å². The Hall–Kier alpha value is -4.04. The van der Waals surface area contributed by atoms with E-state index in [1.54, 1.807) is 0 Å². The fourth-order valence-electron chi connectivity index (χ4n) is 4.05. The van der Waals surface area contributed by atoms with Crippen molar-refractivity contribution in [1.29, 1.82) is 0 Å². The normalized spacial score (nSPS) is 9.90. The number of rotatable bonds is 16. The molecule has 0 aliphatic carbocycles. The zero-order chi connectivity index (χ0) is 25.7. The Morgan fingerprint density at radius 1 is 0.548 bits per heavy atom. The lowest BCUT2D eigenvalue weighted by Gasteiger charge is -2.07. The number of para-hydroxylation sites is 4. The summed E-state index contributed by atoms with van der Waals surface area (Å²) in [6.45, 7) is 4.94. The molecule has 0 saturated carbocycles. The van der Waals surface area contributed by atoms with Crippen LogP contribution in [0.15, 0.2) is 48.5 Å². The third kappa shape index (κ3) is 12.2. The lowest BCUT2D eigenvalue weighted by Crippen LogP contribution is -2.28. The number of carbonyl (C=O) groups excluding carboxylic acids is 2. The van der Waals surface area contributed by atoms with Crippen molar-refractivity contribution < 1.29 is 28.4 Å². The van der Waals surface area contributed by atoms with Crippen molar-refractivity contribution >= 4 is 33.9 Å². The van der Waals surface area contributed by atoms with Crippen LogP contribution >= 0.6 is 0 Å². The summed E-state index contributed by atoms with van der Waals surface area (Å²) in [7, 11) is 0. The number of hydrogen-bond donors (Lipinski definition) is 6. The van der Waals surface area contributed by atoms with Gasteiger partial charge in [-0.25, -0.2) is 9.97 Å². The highest BCUT2D eigenvalue weighted by atomic mass is 19.0. The largest absolute Gasteiger partial charge is 0.349 e. The molecule has 0 bridgehead atoms. The highest BCUT2D eigenvalue weighted by Gasteiger charge is 2.11. The Bertz CT molecular complexity index is 1140. The number of nitrogens with one attached hydrogen (secondary N) is 6. The molecule has 2 amide bonds. The van der Waals surface area contributed by atoms with Gasteiger partial charge < -0.3 is 31.2 Å². The molecule has 42 heavy (non-hydrogen) atoms. The molecule has 0 fully saturated rings. The fraction of sp³-hybridized carbons (Fsp3) is 0.429. The van der Waals surface area contributed by atoms with E-state index in [0.717, 1.165) is 80.3 Å². The second-order valence-electron chi connectivity index (χ2n) is 8.98. The quantitative estimate of drug-likeness (QED) is 0.0850. The first-order valence-electron chi connectivity index (χ1n) is 13.1. The number of hydrogen-bond acceptors (Lipinski definition) is 6. The number of H-pyrrole nitrogens is 2. The molecule has 0 atom stereocenters. The number of unbranched alkanes of at least 4 members (excludes halogenated alkanes) is 2. The van der Waals surface area contributed by atoms with Gasteiger partial charge in [-0.1, -0.05) is 38.1 Å². The van der Waals surface area contributed by atoms with Gasteiger partial charge in [0, 0.05) is 13.1 Å². The summed E-state index contributed by atoms with van der Waals surface area (Å²) in [5, 5.41) is 12.7. The van der Waals surface area contributed by atoms with Crippen LogP contribution in [0.4, 0.5) is 18.8 Å². The smallest absolute Gasteiger partial charge is 0.287 e. The summed E-state index contributed by atoms with van der Waals surface area (Å²) in [6.07, 6.45) is 5.16. The van der Waals surface area contributed by atoms with Crippen molar-refractivity contribution in [3.8, 4) is 0 Å². The summed E-state index contributed by atoms with van der Waals surface area (Å²) in [5.74, 6) is 0.375. The van der Waals surface area contributed by atoms with E-state index >= 15 is 0 Å². The number of amides is 2. The SMILES string of the molecule is C.F.F.F.F.O=C(NCCCNCCCCCNCCCNC(=O)c1nc2ccccc2[nH]1)c1nc2ccccc2[nH]1. The fourth-order valence-corrected chi connectivity index (χ4v) is 4.05. The van der Waals surface area contributed by atoms with Gasteiger partial charge in [-0.05, 0) is 76.1 Å². The van der Waals surface area contributed by atoms with Gasteiger partial charge in [0.1, 0.15) is 0 Å². The highest BCUT2D eigenvalue weighted by molar-refractivity contribution is 5.94. The Morgan fingerprint density at radius 2 is 0.929 bits per heavy atom. The molecule has 10 nitrogen and oxygen atoms in total. The van der Waals surface area contributed by atoms with Crippen molar-refractivity contribution in [1.82, 2.24) is 41.2 Å². The van der Waals surface area contributed by atoms with Gasteiger partial charge in [0.25, 0.3) is 11.8 Å². The summed E-state index contributed by atoms with van der Waals surface area (Å²) in [6, 6.07) is 15.2. The van der Waals surface area contributed by atoms with Crippen LogP contribution in [0.1, 0.15) is 60.8 Å². The number of aromatic nitrogens is 4. The molecule has 14 heteroatoms. The Kier molecular flexibility index (Phi) is 20.7. The van der Waals surface area contributed by atoms with Gasteiger partial charge in [0.15, 0.2) is 11.6 Å². The monoisotopic (exact) mass is 600 g/mol. The van der Waals surface area contributed by atoms with E-state index in [-0.39, 0.29) is 38.1 Å². The molecule has 0 saturated heterocycles. The molecule has 4 rings (SSSR count). The zero-order valence-electron chi connectivity index (χ0n) is 22.7. The minimum Gasteiger partial charge on any atom is -0.349 e. The predicted molar refractivity (Wildman–Crippen MR) is 162 cm³/mol. The minimum absolute atomic E-state index is 0. The average Bonchev–Trinajstić information content (AvgIpc) is 3.55. The van der Waals surface area contributed by atoms with Crippen molar-refractivity contribution in [2.24, 2.45) is 0 Å². The van der Waals surface area contributed by atoms with E-state index in [0.29, 0.717) is 24.7 Å². The molecule has 2 aromatic heterocycles. The van der Waals surface area contributed by atoms with Gasteiger partial charge in [-0.2, -0.15) is 0 Å². The summed E-state index contributed by atoms with van der Waals surface area (Å²) >= 11 is 0. The summed E-state index contributed by atoms with van der Waals surface area (Å²) in [4.78, 5) is 39.1. The second-order valence-corrected chi connectivity index (χ2v) is 8.98. The maximum atomic E-state index is 12.2. The molecular formula is C28H44F4N8O2. The topological polar surface area (TPSA) is 140 Å². The van der Waals surface area contributed by atoms with Gasteiger partial charge >= 0.3 is 0 Å². The number of nitrogens with zero attached hydrogens (tertiary/aromatic N) is 2. The van der Waals surface area contributed by atoms with Gasteiger partial charge in [0.05, 0.1) is 22.1 Å². The molecular weight excluding hydrogens is 556 g/mol. The first kappa shape index (κ1) is 40.1. The third-order valence-corrected chi connectivity index (χ3v) is 6.05. The van der Waals surface area contributed by atoms with E-state index in [1.165, 1.54) is 0 Å². The number of aromatic amines is 2. The van der Waals surface area contributed by atoms with Gasteiger partial charge in [-0.3, -0.25) is 28.4 Å². The molecule has 0 unspecified atom stereocenters. The van der Waals surface area contributed by atoms with E-state index < -0.39 is 0 Å². The average molecular weight is 601 g/mol. The Labute approximate surface area is 242 Å². The molecule has 0 aliphatic heterocycles. The first-order chi connectivity index (χ1) is 18.2. The van der Waals surface area contributed by atoms with Crippen LogP contribution < -0.4 is 21.3 Å². The lowest BCUT2D eigenvalue weighted by atomic mass is 10.2. The predicted octanol–water partition coefficient (Wildman–Crippen LogP) is 3.97. The number of carbonyl (C=O) groups is 2. The number of fused-ring (bicyclic) bond motifs is 2. The van der Waals surface area contributed by atoms with Crippen molar-refractivity contribution in [2.45, 2.75) is 39.5 Å². The Balaban J connectivity index is 0. The molecule has 2 aromatic carbocycles. The van der Waals surface area contributed by atoms with Crippen molar-refractivity contribution in [3.63, 3.8) is 0 Å². The van der Waals surface area contributed by atoms with E-state index in [9.17, 15) is 9.59 Å². The van der Waals surface area contributed by atoms with Crippen LogP contribution in [0.5, 0.6) is 0 Å². The van der Waals surface area contributed by atoms with E-state index in [2.05, 4.69) is 41.2 Å². The second kappa shape index (κ2) is 21.7. The summed E-state index contributed by atoms with van der Waals surface area (Å²) < 4.78 is 0. The van der Waals surface area contributed by atoms with E-state index in [4.69, 9.17) is 0 Å². The van der Waals surface area contributed by atoms with Crippen LogP contribution in [0.3, 0.4) is 0 Å². The minimum atomic E-state index is -0.169. The number of benzene rings is 2. The zero-order valence-corrected chi connectivity index (χ0v) is 22.7. The standard InChI is InChI=1S/C27H36N8O2.CH4.4FH/c36-26(24-32-20-10-2-3-11-21(20)33-24)30-18-8-16-28-14-6-1-7-15-29-17-9-19-31-27(37)25-34-22-12-4-5-13-23(22)35-25;;;;;/h2-5,10-13,28-29H,1,6-9,14-19H2,(H,30,36)(H,31,37)(H,32,33)(H,34,35);1H4;4*1H. The number of halogens is 4. The summed E-state index contributed by atoms with van der Waals surface area (Å²) in [5.41, 5.74) is 3.34. The molecule has 2 heterocycles. The van der Waals surface area contributed by atoms with Crippen molar-refractivity contribution in [2.75, 3.05) is 39.3 Å². The van der Waals surface area contributed by atoms with Crippen LogP contribution in [0, 0.1) is 0 Å². The van der Waals surface area contributed by atoms with Gasteiger partial charge in [0.2, 0.25) is 0 Å². The van der Waals surface area contributed by atoms with Crippen LogP contribution in [-0.2, 0) is 0 Å².